The fourth-order valence-corrected chi connectivity index (χ4v) is 4.55. The van der Waals surface area contributed by atoms with E-state index in [0.29, 0.717) is 40.8 Å². The van der Waals surface area contributed by atoms with Gasteiger partial charge in [0.05, 0.1) is 35.7 Å². The molecule has 0 atom stereocenters. The van der Waals surface area contributed by atoms with Crippen LogP contribution in [0.2, 0.25) is 0 Å². The molecule has 5 rings (SSSR count). The molecule has 0 spiro atoms. The fourth-order valence-electron chi connectivity index (χ4n) is 4.55. The summed E-state index contributed by atoms with van der Waals surface area (Å²) in [5.74, 6) is 1.09. The van der Waals surface area contributed by atoms with Gasteiger partial charge < -0.3 is 21.1 Å². The van der Waals surface area contributed by atoms with Crippen molar-refractivity contribution in [1.29, 1.82) is 5.41 Å². The lowest BCUT2D eigenvalue weighted by molar-refractivity contribution is 0.0948. The van der Waals surface area contributed by atoms with Crippen LogP contribution in [0.4, 0.5) is 11.6 Å². The summed E-state index contributed by atoms with van der Waals surface area (Å²) in [6.45, 7) is 0.324. The number of carbonyl (C=O) groups is 1. The molecular weight excluding hydrogens is 456 g/mol. The summed E-state index contributed by atoms with van der Waals surface area (Å²) in [5, 5.41) is 22.9. The van der Waals surface area contributed by atoms with Crippen LogP contribution in [0.1, 0.15) is 52.7 Å². The van der Waals surface area contributed by atoms with E-state index < -0.39 is 0 Å². The van der Waals surface area contributed by atoms with Crippen molar-refractivity contribution in [1.82, 2.24) is 25.5 Å². The molecule has 10 nitrogen and oxygen atoms in total. The summed E-state index contributed by atoms with van der Waals surface area (Å²) >= 11 is 0. The Hall–Kier alpha value is -4.47. The Labute approximate surface area is 208 Å². The quantitative estimate of drug-likeness (QED) is 0.239. The van der Waals surface area contributed by atoms with Crippen molar-refractivity contribution in [2.24, 2.45) is 0 Å². The first-order valence-electron chi connectivity index (χ1n) is 11.9. The number of hydrogen-bond donors (Lipinski definition) is 5. The van der Waals surface area contributed by atoms with E-state index in [1.54, 1.807) is 18.3 Å². The van der Waals surface area contributed by atoms with Gasteiger partial charge in [0.15, 0.2) is 0 Å². The van der Waals surface area contributed by atoms with Crippen molar-refractivity contribution in [3.05, 3.63) is 71.2 Å². The van der Waals surface area contributed by atoms with Crippen molar-refractivity contribution in [2.75, 3.05) is 18.2 Å². The normalized spacial score (nSPS) is 13.6. The van der Waals surface area contributed by atoms with Crippen LogP contribution < -0.4 is 21.1 Å². The zero-order chi connectivity index (χ0) is 25.1. The van der Waals surface area contributed by atoms with E-state index >= 15 is 0 Å². The van der Waals surface area contributed by atoms with Gasteiger partial charge in [-0.25, -0.2) is 9.97 Å². The maximum atomic E-state index is 12.8. The average molecular weight is 485 g/mol. The molecule has 1 amide bonds. The molecule has 0 radical (unpaired) electrons. The molecule has 0 unspecified atom stereocenters. The minimum Gasteiger partial charge on any atom is -0.496 e. The number of nitrogens with two attached hydrogens (primary N) is 1. The van der Waals surface area contributed by atoms with Crippen LogP contribution in [0.15, 0.2) is 48.9 Å². The number of carbonyl (C=O) groups excluding carboxylic acids is 1. The van der Waals surface area contributed by atoms with Gasteiger partial charge in [-0.3, -0.25) is 15.3 Å². The van der Waals surface area contributed by atoms with Crippen molar-refractivity contribution in [2.45, 2.75) is 38.3 Å². The number of benzene rings is 2. The topological polar surface area (TPSA) is 155 Å². The number of methoxy groups -OCH3 is 1. The second-order valence-corrected chi connectivity index (χ2v) is 8.87. The molecule has 4 aromatic rings. The van der Waals surface area contributed by atoms with E-state index in [-0.39, 0.29) is 17.4 Å². The molecule has 36 heavy (non-hydrogen) atoms. The SMILES string of the molecule is COc1cc2[nH]ncc2cc1C(=O)NCc1ccc(C(=N)c2c(N)ncnc2NC2CCCC2)cc1. The number of nitrogens with zero attached hydrogens (tertiary/aromatic N) is 3. The second-order valence-electron chi connectivity index (χ2n) is 8.87. The summed E-state index contributed by atoms with van der Waals surface area (Å²) in [4.78, 5) is 21.3. The molecule has 1 aliphatic rings. The molecule has 6 N–H and O–H groups in total. The van der Waals surface area contributed by atoms with E-state index in [9.17, 15) is 4.79 Å². The molecule has 2 aromatic carbocycles. The van der Waals surface area contributed by atoms with Gasteiger partial charge in [-0.15, -0.1) is 0 Å². The minimum atomic E-state index is -0.247. The maximum absolute atomic E-state index is 12.8. The lowest BCUT2D eigenvalue weighted by Gasteiger charge is -2.17. The second kappa shape index (κ2) is 10.0. The highest BCUT2D eigenvalue weighted by molar-refractivity contribution is 6.16. The largest absolute Gasteiger partial charge is 0.496 e. The average Bonchev–Trinajstić information content (AvgIpc) is 3.58. The third-order valence-electron chi connectivity index (χ3n) is 6.52. The number of nitrogens with one attached hydrogen (secondary N) is 4. The van der Waals surface area contributed by atoms with Crippen molar-refractivity contribution in [3.8, 4) is 5.75 Å². The molecule has 0 bridgehead atoms. The first kappa shape index (κ1) is 23.3. The lowest BCUT2D eigenvalue weighted by Crippen LogP contribution is -2.23. The van der Waals surface area contributed by atoms with Gasteiger partial charge in [0.25, 0.3) is 5.91 Å². The summed E-state index contributed by atoms with van der Waals surface area (Å²) in [5.41, 5.74) is 9.73. The summed E-state index contributed by atoms with van der Waals surface area (Å²) in [7, 11) is 1.53. The highest BCUT2D eigenvalue weighted by Crippen LogP contribution is 2.27. The van der Waals surface area contributed by atoms with Crippen LogP contribution in [0.3, 0.4) is 0 Å². The van der Waals surface area contributed by atoms with Gasteiger partial charge in [-0.1, -0.05) is 37.1 Å². The van der Waals surface area contributed by atoms with Crippen molar-refractivity contribution < 1.29 is 9.53 Å². The highest BCUT2D eigenvalue weighted by atomic mass is 16.5. The van der Waals surface area contributed by atoms with E-state index in [1.165, 1.54) is 26.3 Å². The van der Waals surface area contributed by atoms with E-state index in [2.05, 4.69) is 30.8 Å². The highest BCUT2D eigenvalue weighted by Gasteiger charge is 2.21. The molecule has 0 aliphatic heterocycles. The predicted octanol–water partition coefficient (Wildman–Crippen LogP) is 3.64. The van der Waals surface area contributed by atoms with Gasteiger partial charge in [0.1, 0.15) is 23.7 Å². The number of H-pyrrole nitrogens is 1. The Kier molecular flexibility index (Phi) is 6.48. The Morgan fingerprint density at radius 3 is 2.72 bits per heavy atom. The van der Waals surface area contributed by atoms with E-state index in [0.717, 1.165) is 29.3 Å². The molecule has 2 heterocycles. The van der Waals surface area contributed by atoms with Crippen LogP contribution >= 0.6 is 0 Å². The first-order valence-corrected chi connectivity index (χ1v) is 11.9. The lowest BCUT2D eigenvalue weighted by atomic mass is 10.0. The van der Waals surface area contributed by atoms with Crippen LogP contribution in [-0.2, 0) is 6.54 Å². The van der Waals surface area contributed by atoms with Crippen LogP contribution in [-0.4, -0.2) is 44.9 Å². The van der Waals surface area contributed by atoms with Gasteiger partial charge in [-0.05, 0) is 24.5 Å². The van der Waals surface area contributed by atoms with E-state index in [1.807, 2.05) is 24.3 Å². The van der Waals surface area contributed by atoms with Crippen LogP contribution in [0, 0.1) is 5.41 Å². The third kappa shape index (κ3) is 4.70. The molecular formula is C26H28N8O2. The number of amides is 1. The number of nitrogen functional groups attached to an aromatic ring is 1. The number of aromatic nitrogens is 4. The van der Waals surface area contributed by atoms with E-state index in [4.69, 9.17) is 15.9 Å². The Balaban J connectivity index is 1.28. The fraction of sp³-hybridized carbons (Fsp3) is 0.269. The first-order chi connectivity index (χ1) is 17.5. The van der Waals surface area contributed by atoms with Crippen molar-refractivity contribution >= 4 is 34.2 Å². The summed E-state index contributed by atoms with van der Waals surface area (Å²) in [6.07, 6.45) is 7.63. The predicted molar refractivity (Wildman–Crippen MR) is 139 cm³/mol. The molecule has 1 aliphatic carbocycles. The van der Waals surface area contributed by atoms with Crippen LogP contribution in [0.25, 0.3) is 10.9 Å². The van der Waals surface area contributed by atoms with Crippen molar-refractivity contribution in [3.63, 3.8) is 0 Å². The number of aromatic amines is 1. The smallest absolute Gasteiger partial charge is 0.255 e. The van der Waals surface area contributed by atoms with Gasteiger partial charge >= 0.3 is 0 Å². The van der Waals surface area contributed by atoms with Gasteiger partial charge in [0.2, 0.25) is 0 Å². The standard InChI is InChI=1S/C26H28N8O2/c1-36-21-11-20-17(13-32-34-20)10-19(21)26(35)29-12-15-6-8-16(9-7-15)23(27)22-24(28)30-14-31-25(22)33-18-4-2-3-5-18/h6-11,13-14,18,27H,2-5,12H2,1H3,(H,29,35)(H,32,34)(H3,28,30,31,33). The molecule has 1 fully saturated rings. The number of anilines is 2. The molecule has 1 saturated carbocycles. The zero-order valence-corrected chi connectivity index (χ0v) is 20.0. The van der Waals surface area contributed by atoms with Gasteiger partial charge in [0, 0.05) is 29.6 Å². The Morgan fingerprint density at radius 2 is 1.97 bits per heavy atom. The molecule has 184 valence electrons. The summed E-state index contributed by atoms with van der Waals surface area (Å²) in [6, 6.07) is 11.3. The summed E-state index contributed by atoms with van der Waals surface area (Å²) < 4.78 is 5.38. The molecule has 2 aromatic heterocycles. The number of fused-ring (bicyclic) bond motifs is 1. The zero-order valence-electron chi connectivity index (χ0n) is 20.0. The van der Waals surface area contributed by atoms with Gasteiger partial charge in [-0.2, -0.15) is 5.10 Å². The Bertz CT molecular complexity index is 1410. The Morgan fingerprint density at radius 1 is 1.19 bits per heavy atom. The molecule has 0 saturated heterocycles. The van der Waals surface area contributed by atoms with Crippen LogP contribution in [0.5, 0.6) is 5.75 Å². The number of ether oxygens (including phenoxy) is 1. The third-order valence-corrected chi connectivity index (χ3v) is 6.52. The molecule has 10 heteroatoms. The monoisotopic (exact) mass is 484 g/mol. The maximum Gasteiger partial charge on any atom is 0.255 e. The number of rotatable bonds is 8. The minimum absolute atomic E-state index is 0.247. The number of hydrogen-bond acceptors (Lipinski definition) is 8.